The van der Waals surface area contributed by atoms with E-state index in [0.29, 0.717) is 0 Å². The van der Waals surface area contributed by atoms with E-state index >= 15 is 0 Å². The van der Waals surface area contributed by atoms with Crippen molar-refractivity contribution in [3.8, 4) is 0 Å². The topological polar surface area (TPSA) is 13.1 Å². The first-order valence-corrected chi connectivity index (χ1v) is 9.94. The third-order valence-corrected chi connectivity index (χ3v) is 6.01. The molecule has 1 atom stereocenters. The van der Waals surface area contributed by atoms with Crippen LogP contribution in [0.3, 0.4) is 0 Å². The van der Waals surface area contributed by atoms with E-state index in [1.54, 1.807) is 23.7 Å². The minimum Gasteiger partial charge on any atom is -0.473 e. The first-order chi connectivity index (χ1) is 12.4. The molecule has 1 unspecified atom stereocenters. The molecule has 0 saturated carbocycles. The van der Waals surface area contributed by atoms with Crippen molar-refractivity contribution in [2.45, 2.75) is 19.3 Å². The van der Waals surface area contributed by atoms with Crippen LogP contribution in [0.4, 0.5) is 0 Å². The number of aryl methyl sites for hydroxylation is 1. The number of hydrogen-bond donors (Lipinski definition) is 0. The molecule has 0 N–H and O–H groups in total. The fourth-order valence-corrected chi connectivity index (χ4v) is 4.35. The number of halogens is 1. The summed E-state index contributed by atoms with van der Waals surface area (Å²) in [5, 5.41) is 6.74. The van der Waals surface area contributed by atoms with Crippen LogP contribution in [0.5, 0.6) is 0 Å². The zero-order valence-corrected chi connectivity index (χ0v) is 15.7. The molecule has 126 valence electrons. The van der Waals surface area contributed by atoms with E-state index < -0.39 is 0 Å². The summed E-state index contributed by atoms with van der Waals surface area (Å²) in [6, 6.07) is 21.7. The number of rotatable bonds is 1. The number of fused-ring (bicyclic) bond motifs is 5. The molecular formula is C23H21BrO. The van der Waals surface area contributed by atoms with Gasteiger partial charge in [0.2, 0.25) is 0 Å². The molecule has 0 bridgehead atoms. The van der Waals surface area contributed by atoms with E-state index in [9.17, 15) is 0 Å². The van der Waals surface area contributed by atoms with Crippen LogP contribution in [-0.2, 0) is 12.8 Å². The largest absolute Gasteiger partial charge is 0.473 e. The van der Waals surface area contributed by atoms with E-state index in [4.69, 9.17) is 0 Å². The smallest absolute Gasteiger partial charge is 0.0902 e. The molecular weight excluding hydrogens is 372 g/mol. The molecule has 0 saturated heterocycles. The summed E-state index contributed by atoms with van der Waals surface area (Å²) in [6.45, 7) is 0. The fraction of sp³-hybridized carbons (Fsp3) is 0.217. The molecule has 0 fully saturated rings. The lowest BCUT2D eigenvalue weighted by Crippen LogP contribution is -2.15. The lowest BCUT2D eigenvalue weighted by Gasteiger charge is -2.24. The van der Waals surface area contributed by atoms with Gasteiger partial charge in [0.15, 0.2) is 0 Å². The Balaban J connectivity index is 0.000000272. The van der Waals surface area contributed by atoms with Gasteiger partial charge in [-0.1, -0.05) is 64.5 Å². The predicted octanol–water partition coefficient (Wildman–Crippen LogP) is 6.77. The van der Waals surface area contributed by atoms with E-state index in [1.807, 2.05) is 12.1 Å². The molecule has 2 heteroatoms. The Morgan fingerprint density at radius 2 is 1.64 bits per heavy atom. The molecule has 1 aliphatic carbocycles. The molecule has 1 nitrogen and oxygen atoms in total. The quantitative estimate of drug-likeness (QED) is 0.257. The number of benzene rings is 3. The Kier molecular flexibility index (Phi) is 4.89. The summed E-state index contributed by atoms with van der Waals surface area (Å²) in [6.07, 6.45) is 7.01. The average Bonchev–Trinajstić information content (AvgIpc) is 3.27. The Labute approximate surface area is 156 Å². The summed E-state index contributed by atoms with van der Waals surface area (Å²) >= 11 is 3.65. The van der Waals surface area contributed by atoms with Gasteiger partial charge < -0.3 is 4.42 Å². The van der Waals surface area contributed by atoms with Crippen LogP contribution in [0, 0.1) is 5.92 Å². The maximum absolute atomic E-state index is 4.58. The normalized spacial score (nSPS) is 16.3. The summed E-state index contributed by atoms with van der Waals surface area (Å²) in [4.78, 5) is 0. The van der Waals surface area contributed by atoms with Gasteiger partial charge in [0, 0.05) is 5.33 Å². The Bertz CT molecular complexity index is 955. The van der Waals surface area contributed by atoms with Crippen LogP contribution in [0.1, 0.15) is 17.5 Å². The lowest BCUT2D eigenvalue weighted by atomic mass is 9.82. The first-order valence-electron chi connectivity index (χ1n) is 8.82. The van der Waals surface area contributed by atoms with Crippen LogP contribution >= 0.6 is 15.9 Å². The third kappa shape index (κ3) is 3.36. The van der Waals surface area contributed by atoms with E-state index in [2.05, 4.69) is 68.9 Å². The highest BCUT2D eigenvalue weighted by Gasteiger charge is 2.19. The molecule has 1 heterocycles. The summed E-state index contributed by atoms with van der Waals surface area (Å²) in [7, 11) is 0. The minimum atomic E-state index is 0.806. The van der Waals surface area contributed by atoms with Crippen molar-refractivity contribution in [2.75, 3.05) is 5.33 Å². The van der Waals surface area contributed by atoms with Gasteiger partial charge in [-0.15, -0.1) is 0 Å². The third-order valence-electron chi connectivity index (χ3n) is 5.09. The van der Waals surface area contributed by atoms with Crippen LogP contribution < -0.4 is 0 Å². The second kappa shape index (κ2) is 7.45. The van der Waals surface area contributed by atoms with E-state index in [-0.39, 0.29) is 0 Å². The Morgan fingerprint density at radius 3 is 2.40 bits per heavy atom. The first kappa shape index (κ1) is 16.4. The highest BCUT2D eigenvalue weighted by atomic mass is 79.9. The molecule has 3 aromatic carbocycles. The molecule has 25 heavy (non-hydrogen) atoms. The second-order valence-electron chi connectivity index (χ2n) is 6.64. The standard InChI is InChI=1S/C19H17Br.C4H4O/c20-12-13-5-8-17-15(11-13)7-10-18-16-4-2-1-3-14(16)6-9-19(17)18;1-2-4-5-3-1/h1-4,6-7,9-10,13H,5,8,11-12H2;1-4H. The highest BCUT2D eigenvalue weighted by Crippen LogP contribution is 2.35. The fourth-order valence-electron chi connectivity index (χ4n) is 3.80. The Hall–Kier alpha value is -2.06. The predicted molar refractivity (Wildman–Crippen MR) is 109 cm³/mol. The van der Waals surface area contributed by atoms with Crippen molar-refractivity contribution >= 4 is 37.5 Å². The van der Waals surface area contributed by atoms with Gasteiger partial charge in [-0.05, 0) is 70.0 Å². The van der Waals surface area contributed by atoms with Crippen LogP contribution in [0.25, 0.3) is 21.5 Å². The maximum Gasteiger partial charge on any atom is 0.0902 e. The molecule has 0 radical (unpaired) electrons. The summed E-state index contributed by atoms with van der Waals surface area (Å²) in [5.74, 6) is 0.806. The van der Waals surface area contributed by atoms with Crippen LogP contribution in [-0.4, -0.2) is 5.33 Å². The van der Waals surface area contributed by atoms with E-state index in [1.165, 1.54) is 40.8 Å². The average molecular weight is 393 g/mol. The van der Waals surface area contributed by atoms with Gasteiger partial charge in [0.25, 0.3) is 0 Å². The zero-order valence-electron chi connectivity index (χ0n) is 14.1. The van der Waals surface area contributed by atoms with E-state index in [0.717, 1.165) is 11.2 Å². The lowest BCUT2D eigenvalue weighted by molar-refractivity contribution is 0.514. The van der Waals surface area contributed by atoms with Gasteiger partial charge >= 0.3 is 0 Å². The van der Waals surface area contributed by atoms with Gasteiger partial charge in [-0.3, -0.25) is 0 Å². The summed E-state index contributed by atoms with van der Waals surface area (Å²) in [5.41, 5.74) is 3.15. The minimum absolute atomic E-state index is 0.806. The van der Waals surface area contributed by atoms with Gasteiger partial charge in [0.1, 0.15) is 0 Å². The highest BCUT2D eigenvalue weighted by molar-refractivity contribution is 9.09. The maximum atomic E-state index is 4.58. The molecule has 0 aliphatic heterocycles. The second-order valence-corrected chi connectivity index (χ2v) is 7.29. The Morgan fingerprint density at radius 1 is 0.840 bits per heavy atom. The molecule has 0 spiro atoms. The molecule has 0 amide bonds. The van der Waals surface area contributed by atoms with Gasteiger partial charge in [0.05, 0.1) is 12.5 Å². The van der Waals surface area contributed by atoms with Gasteiger partial charge in [-0.2, -0.15) is 0 Å². The number of furan rings is 1. The SMILES string of the molecule is BrCC1CCc2c(ccc3c2ccc2ccccc23)C1.c1ccoc1. The molecule has 5 rings (SSSR count). The molecule has 4 aromatic rings. The van der Waals surface area contributed by atoms with Crippen molar-refractivity contribution in [1.82, 2.24) is 0 Å². The van der Waals surface area contributed by atoms with Gasteiger partial charge in [-0.25, -0.2) is 0 Å². The molecule has 1 aliphatic rings. The van der Waals surface area contributed by atoms with Crippen LogP contribution in [0.2, 0.25) is 0 Å². The number of hydrogen-bond acceptors (Lipinski definition) is 1. The zero-order chi connectivity index (χ0) is 17.1. The van der Waals surface area contributed by atoms with Crippen molar-refractivity contribution in [2.24, 2.45) is 5.92 Å². The van der Waals surface area contributed by atoms with Crippen molar-refractivity contribution in [3.63, 3.8) is 0 Å². The van der Waals surface area contributed by atoms with Crippen LogP contribution in [0.15, 0.2) is 77.6 Å². The van der Waals surface area contributed by atoms with Crippen molar-refractivity contribution < 1.29 is 4.42 Å². The van der Waals surface area contributed by atoms with Crippen molar-refractivity contribution in [3.05, 3.63) is 84.3 Å². The number of alkyl halides is 1. The summed E-state index contributed by atoms with van der Waals surface area (Å²) < 4.78 is 4.58. The molecule has 1 aromatic heterocycles. The van der Waals surface area contributed by atoms with Crippen molar-refractivity contribution in [1.29, 1.82) is 0 Å². The monoisotopic (exact) mass is 392 g/mol.